The molecule has 1 unspecified atom stereocenters. The van der Waals surface area contributed by atoms with Gasteiger partial charge in [0.1, 0.15) is 5.60 Å². The SMILES string of the molecule is CC(CC(=O)OC(C)(C)C)NC(CO)CO. The Bertz CT molecular complexity index is 209. The Labute approximate surface area is 96.8 Å². The third kappa shape index (κ3) is 7.62. The Kier molecular flexibility index (Phi) is 6.55. The van der Waals surface area contributed by atoms with Crippen LogP contribution in [-0.2, 0) is 9.53 Å². The second-order valence-corrected chi connectivity index (χ2v) is 4.92. The van der Waals surface area contributed by atoms with Gasteiger partial charge in [-0.15, -0.1) is 0 Å². The molecule has 0 aliphatic rings. The fraction of sp³-hybridized carbons (Fsp3) is 0.909. The number of carbonyl (C=O) groups is 1. The van der Waals surface area contributed by atoms with Crippen LogP contribution in [0.1, 0.15) is 34.1 Å². The minimum absolute atomic E-state index is 0.140. The summed E-state index contributed by atoms with van der Waals surface area (Å²) in [6.45, 7) is 6.93. The molecule has 0 heterocycles. The van der Waals surface area contributed by atoms with E-state index in [1.165, 1.54) is 0 Å². The van der Waals surface area contributed by atoms with Crippen molar-refractivity contribution >= 4 is 5.97 Å². The van der Waals surface area contributed by atoms with Crippen molar-refractivity contribution in [3.63, 3.8) is 0 Å². The van der Waals surface area contributed by atoms with E-state index in [1.807, 2.05) is 27.7 Å². The van der Waals surface area contributed by atoms with Crippen LogP contribution >= 0.6 is 0 Å². The molecule has 1 atom stereocenters. The minimum atomic E-state index is -0.482. The molecule has 0 aromatic carbocycles. The van der Waals surface area contributed by atoms with Gasteiger partial charge in [-0.1, -0.05) is 0 Å². The smallest absolute Gasteiger partial charge is 0.307 e. The van der Waals surface area contributed by atoms with E-state index in [0.29, 0.717) is 0 Å². The molecule has 0 amide bonds. The van der Waals surface area contributed by atoms with Crippen LogP contribution in [0.5, 0.6) is 0 Å². The van der Waals surface area contributed by atoms with Gasteiger partial charge in [-0.2, -0.15) is 0 Å². The predicted molar refractivity (Wildman–Crippen MR) is 61.0 cm³/mol. The first-order chi connectivity index (χ1) is 7.28. The summed E-state index contributed by atoms with van der Waals surface area (Å²) in [6, 6.07) is -0.531. The average Bonchev–Trinajstić information content (AvgIpc) is 2.10. The van der Waals surface area contributed by atoms with Crippen molar-refractivity contribution in [2.45, 2.75) is 51.8 Å². The molecule has 16 heavy (non-hydrogen) atoms. The maximum atomic E-state index is 11.4. The number of esters is 1. The van der Waals surface area contributed by atoms with Crippen molar-refractivity contribution in [1.82, 2.24) is 5.32 Å². The molecule has 0 aliphatic heterocycles. The summed E-state index contributed by atoms with van der Waals surface area (Å²) < 4.78 is 5.15. The average molecular weight is 233 g/mol. The van der Waals surface area contributed by atoms with Crippen LogP contribution in [-0.4, -0.2) is 47.1 Å². The van der Waals surface area contributed by atoms with E-state index in [4.69, 9.17) is 14.9 Å². The highest BCUT2D eigenvalue weighted by atomic mass is 16.6. The van der Waals surface area contributed by atoms with Gasteiger partial charge in [-0.25, -0.2) is 0 Å². The molecule has 0 spiro atoms. The number of hydrogen-bond donors (Lipinski definition) is 3. The van der Waals surface area contributed by atoms with Gasteiger partial charge in [0.2, 0.25) is 0 Å². The normalized spacial score (nSPS) is 13.9. The number of aliphatic hydroxyl groups is 2. The van der Waals surface area contributed by atoms with Crippen molar-refractivity contribution in [2.24, 2.45) is 0 Å². The Morgan fingerprint density at radius 2 is 1.81 bits per heavy atom. The van der Waals surface area contributed by atoms with Crippen LogP contribution in [0, 0.1) is 0 Å². The molecule has 0 radical (unpaired) electrons. The summed E-state index contributed by atoms with van der Waals surface area (Å²) in [4.78, 5) is 11.4. The van der Waals surface area contributed by atoms with Gasteiger partial charge in [0.15, 0.2) is 0 Å². The summed E-state index contributed by atoms with van der Waals surface area (Å²) in [6.07, 6.45) is 0.216. The van der Waals surface area contributed by atoms with Crippen LogP contribution in [0.15, 0.2) is 0 Å². The zero-order chi connectivity index (χ0) is 12.8. The van der Waals surface area contributed by atoms with Crippen LogP contribution in [0.3, 0.4) is 0 Å². The highest BCUT2D eigenvalue weighted by Gasteiger charge is 2.19. The van der Waals surface area contributed by atoms with Gasteiger partial charge in [-0.05, 0) is 27.7 Å². The van der Waals surface area contributed by atoms with Crippen molar-refractivity contribution < 1.29 is 19.7 Å². The molecule has 0 rings (SSSR count). The van der Waals surface area contributed by atoms with Gasteiger partial charge in [0.05, 0.1) is 25.7 Å². The van der Waals surface area contributed by atoms with E-state index in [9.17, 15) is 4.79 Å². The zero-order valence-electron chi connectivity index (χ0n) is 10.5. The topological polar surface area (TPSA) is 78.8 Å². The van der Waals surface area contributed by atoms with E-state index in [-0.39, 0.29) is 31.6 Å². The highest BCUT2D eigenvalue weighted by molar-refractivity contribution is 5.70. The van der Waals surface area contributed by atoms with Crippen LogP contribution < -0.4 is 5.32 Å². The van der Waals surface area contributed by atoms with Crippen LogP contribution in [0.4, 0.5) is 0 Å². The molecule has 0 saturated heterocycles. The Morgan fingerprint density at radius 1 is 1.31 bits per heavy atom. The molecule has 96 valence electrons. The zero-order valence-corrected chi connectivity index (χ0v) is 10.5. The lowest BCUT2D eigenvalue weighted by molar-refractivity contribution is -0.155. The number of nitrogens with one attached hydrogen (secondary N) is 1. The third-order valence-corrected chi connectivity index (χ3v) is 1.85. The van der Waals surface area contributed by atoms with Gasteiger partial charge < -0.3 is 20.3 Å². The van der Waals surface area contributed by atoms with Crippen molar-refractivity contribution in [1.29, 1.82) is 0 Å². The number of carbonyl (C=O) groups excluding carboxylic acids is 1. The monoisotopic (exact) mass is 233 g/mol. The molecule has 5 heteroatoms. The van der Waals surface area contributed by atoms with Crippen molar-refractivity contribution in [2.75, 3.05) is 13.2 Å². The minimum Gasteiger partial charge on any atom is -0.460 e. The predicted octanol–water partition coefficient (Wildman–Crippen LogP) is 0.0495. The Hall–Kier alpha value is -0.650. The van der Waals surface area contributed by atoms with Gasteiger partial charge in [-0.3, -0.25) is 4.79 Å². The molecular weight excluding hydrogens is 210 g/mol. The standard InChI is InChI=1S/C11H23NO4/c1-8(12-9(6-13)7-14)5-10(15)16-11(2,3)4/h8-9,12-14H,5-7H2,1-4H3. The van der Waals surface area contributed by atoms with E-state index in [2.05, 4.69) is 5.32 Å². The van der Waals surface area contributed by atoms with E-state index in [0.717, 1.165) is 0 Å². The fourth-order valence-electron chi connectivity index (χ4n) is 1.26. The number of ether oxygens (including phenoxy) is 1. The van der Waals surface area contributed by atoms with Gasteiger partial charge in [0.25, 0.3) is 0 Å². The quantitative estimate of drug-likeness (QED) is 0.565. The Morgan fingerprint density at radius 3 is 2.19 bits per heavy atom. The first-order valence-electron chi connectivity index (χ1n) is 5.48. The second-order valence-electron chi connectivity index (χ2n) is 4.92. The summed E-state index contributed by atoms with van der Waals surface area (Å²) in [5.74, 6) is -0.290. The fourth-order valence-corrected chi connectivity index (χ4v) is 1.26. The lowest BCUT2D eigenvalue weighted by Crippen LogP contribution is -2.43. The Balaban J connectivity index is 3.95. The van der Waals surface area contributed by atoms with Gasteiger partial charge >= 0.3 is 5.97 Å². The highest BCUT2D eigenvalue weighted by Crippen LogP contribution is 2.09. The van der Waals surface area contributed by atoms with Crippen LogP contribution in [0.25, 0.3) is 0 Å². The summed E-state index contributed by atoms with van der Waals surface area (Å²) in [5.41, 5.74) is -0.482. The molecule has 0 aliphatic carbocycles. The molecule has 0 saturated carbocycles. The van der Waals surface area contributed by atoms with Crippen molar-refractivity contribution in [3.05, 3.63) is 0 Å². The number of aliphatic hydroxyl groups excluding tert-OH is 2. The largest absolute Gasteiger partial charge is 0.460 e. The molecular formula is C11H23NO4. The number of rotatable bonds is 6. The summed E-state index contributed by atoms with van der Waals surface area (Å²) in [7, 11) is 0. The molecule has 0 bridgehead atoms. The molecule has 5 nitrogen and oxygen atoms in total. The first-order valence-corrected chi connectivity index (χ1v) is 5.48. The summed E-state index contributed by atoms with van der Waals surface area (Å²) in [5, 5.41) is 20.6. The molecule has 0 aromatic rings. The third-order valence-electron chi connectivity index (χ3n) is 1.85. The maximum absolute atomic E-state index is 11.4. The second kappa shape index (κ2) is 6.83. The number of hydrogen-bond acceptors (Lipinski definition) is 5. The van der Waals surface area contributed by atoms with Gasteiger partial charge in [0, 0.05) is 6.04 Å². The summed E-state index contributed by atoms with van der Waals surface area (Å²) >= 11 is 0. The first kappa shape index (κ1) is 15.3. The molecule has 0 aromatic heterocycles. The van der Waals surface area contributed by atoms with E-state index in [1.54, 1.807) is 0 Å². The molecule has 0 fully saturated rings. The maximum Gasteiger partial charge on any atom is 0.307 e. The molecule has 3 N–H and O–H groups in total. The lowest BCUT2D eigenvalue weighted by Gasteiger charge is -2.23. The van der Waals surface area contributed by atoms with E-state index >= 15 is 0 Å². The lowest BCUT2D eigenvalue weighted by atomic mass is 10.1. The van der Waals surface area contributed by atoms with E-state index < -0.39 is 11.6 Å². The van der Waals surface area contributed by atoms with Crippen molar-refractivity contribution in [3.8, 4) is 0 Å². The van der Waals surface area contributed by atoms with Crippen LogP contribution in [0.2, 0.25) is 0 Å².